The van der Waals surface area contributed by atoms with Crippen molar-refractivity contribution in [1.29, 1.82) is 0 Å². The maximum atomic E-state index is 14.1. The zero-order chi connectivity index (χ0) is 37.0. The molecule has 5 atom stereocenters. The normalized spacial score (nSPS) is 17.5. The Hall–Kier alpha value is -4.20. The third-order valence-electron chi connectivity index (χ3n) is 9.25. The molecule has 274 valence electrons. The smallest absolute Gasteiger partial charge is 0.322 e. The van der Waals surface area contributed by atoms with E-state index >= 15 is 0 Å². The fourth-order valence-corrected chi connectivity index (χ4v) is 6.78. The van der Waals surface area contributed by atoms with Crippen molar-refractivity contribution in [3.8, 4) is 0 Å². The number of likely N-dealkylation sites (tertiary alicyclic amines) is 1. The van der Waals surface area contributed by atoms with Crippen LogP contribution >= 0.6 is 11.8 Å². The quantitative estimate of drug-likeness (QED) is 0.143. The van der Waals surface area contributed by atoms with Crippen LogP contribution in [0.15, 0.2) is 30.3 Å². The van der Waals surface area contributed by atoms with E-state index < -0.39 is 60.8 Å². The fourth-order valence-electron chi connectivity index (χ4n) is 6.20. The second-order valence-electron chi connectivity index (χ2n) is 13.4. The summed E-state index contributed by atoms with van der Waals surface area (Å²) in [5.41, 5.74) is 3.20. The predicted octanol–water partition coefficient (Wildman–Crippen LogP) is 1.93. The van der Waals surface area contributed by atoms with E-state index in [0.29, 0.717) is 32.2 Å². The van der Waals surface area contributed by atoms with Crippen molar-refractivity contribution in [2.75, 3.05) is 31.6 Å². The summed E-state index contributed by atoms with van der Waals surface area (Å²) >= 11 is 1.65. The summed E-state index contributed by atoms with van der Waals surface area (Å²) in [6, 6.07) is 5.29. The zero-order valence-electron chi connectivity index (χ0n) is 29.6. The van der Waals surface area contributed by atoms with Crippen molar-refractivity contribution in [3.63, 3.8) is 0 Å². The number of carboxylic acid groups (broad SMARTS) is 1. The Morgan fingerprint density at radius 3 is 2.36 bits per heavy atom. The number of amides is 5. The van der Waals surface area contributed by atoms with E-state index in [1.54, 1.807) is 11.8 Å². The second kappa shape index (κ2) is 19.3. The SMILES string of the molecule is CSCC[C@H](C)C(=O)N[C@@H](CC1=CCc2ccccc21)C(=O)C[C@H](C(=O)N1CCC[C@H]1C(=O)NCC(=O)N[C@@H](C)C(=O)NCC(=O)O)C(C)C. The van der Waals surface area contributed by atoms with Crippen molar-refractivity contribution in [2.24, 2.45) is 17.8 Å². The Balaban J connectivity index is 1.68. The van der Waals surface area contributed by atoms with Gasteiger partial charge in [0.05, 0.1) is 12.6 Å². The molecule has 0 unspecified atom stereocenters. The van der Waals surface area contributed by atoms with E-state index in [4.69, 9.17) is 5.11 Å². The Morgan fingerprint density at radius 2 is 1.68 bits per heavy atom. The summed E-state index contributed by atoms with van der Waals surface area (Å²) in [5, 5.41) is 18.8. The summed E-state index contributed by atoms with van der Waals surface area (Å²) < 4.78 is 0. The minimum Gasteiger partial charge on any atom is -0.480 e. The van der Waals surface area contributed by atoms with Crippen LogP contribution < -0.4 is 21.3 Å². The highest BCUT2D eigenvalue weighted by Gasteiger charge is 2.40. The summed E-state index contributed by atoms with van der Waals surface area (Å²) in [6.45, 7) is 6.21. The lowest BCUT2D eigenvalue weighted by Gasteiger charge is -2.31. The number of aliphatic carboxylic acids is 1. The van der Waals surface area contributed by atoms with Crippen LogP contribution in [-0.2, 0) is 40.0 Å². The number of carbonyl (C=O) groups is 7. The molecule has 1 aromatic rings. The number of hydrogen-bond acceptors (Lipinski definition) is 8. The first-order chi connectivity index (χ1) is 23.7. The first-order valence-electron chi connectivity index (χ1n) is 17.2. The van der Waals surface area contributed by atoms with Gasteiger partial charge in [-0.25, -0.2) is 0 Å². The molecule has 0 saturated carbocycles. The number of rotatable bonds is 19. The predicted molar refractivity (Wildman–Crippen MR) is 191 cm³/mol. The van der Waals surface area contributed by atoms with Gasteiger partial charge in [-0.1, -0.05) is 51.1 Å². The van der Waals surface area contributed by atoms with Gasteiger partial charge >= 0.3 is 5.97 Å². The molecule has 1 saturated heterocycles. The third kappa shape index (κ3) is 11.4. The molecular weight excluding hydrogens is 662 g/mol. The van der Waals surface area contributed by atoms with Gasteiger partial charge in [0, 0.05) is 31.2 Å². The van der Waals surface area contributed by atoms with Gasteiger partial charge in [-0.3, -0.25) is 33.6 Å². The number of fused-ring (bicyclic) bond motifs is 1. The van der Waals surface area contributed by atoms with Gasteiger partial charge in [0.15, 0.2) is 5.78 Å². The van der Waals surface area contributed by atoms with Crippen LogP contribution in [0, 0.1) is 17.8 Å². The highest BCUT2D eigenvalue weighted by molar-refractivity contribution is 7.98. The molecule has 3 rings (SSSR count). The number of carboxylic acids is 1. The first kappa shape index (κ1) is 40.2. The van der Waals surface area contributed by atoms with Gasteiger partial charge in [-0.15, -0.1) is 0 Å². The van der Waals surface area contributed by atoms with E-state index in [2.05, 4.69) is 27.3 Å². The monoisotopic (exact) mass is 713 g/mol. The molecule has 1 fully saturated rings. The molecule has 0 spiro atoms. The van der Waals surface area contributed by atoms with Gasteiger partial charge < -0.3 is 31.3 Å². The average Bonchev–Trinajstić information content (AvgIpc) is 3.74. The topological polar surface area (TPSA) is 191 Å². The molecule has 13 nitrogen and oxygen atoms in total. The largest absolute Gasteiger partial charge is 0.480 e. The van der Waals surface area contributed by atoms with Crippen LogP contribution in [0.5, 0.6) is 0 Å². The van der Waals surface area contributed by atoms with Crippen molar-refractivity contribution < 1.29 is 38.7 Å². The molecule has 1 aliphatic heterocycles. The Labute approximate surface area is 298 Å². The molecule has 1 aliphatic carbocycles. The van der Waals surface area contributed by atoms with E-state index in [0.717, 1.165) is 28.9 Å². The fraction of sp³-hybridized carbons (Fsp3) is 0.583. The highest BCUT2D eigenvalue weighted by Crippen LogP contribution is 2.32. The minimum absolute atomic E-state index is 0.107. The lowest BCUT2D eigenvalue weighted by atomic mass is 9.85. The summed E-state index contributed by atoms with van der Waals surface area (Å²) in [4.78, 5) is 91.0. The second-order valence-corrected chi connectivity index (χ2v) is 14.4. The molecule has 14 heteroatoms. The van der Waals surface area contributed by atoms with Crippen LogP contribution in [0.2, 0.25) is 0 Å². The van der Waals surface area contributed by atoms with Crippen LogP contribution in [0.3, 0.4) is 0 Å². The molecule has 0 radical (unpaired) electrons. The van der Waals surface area contributed by atoms with Gasteiger partial charge in [0.1, 0.15) is 18.6 Å². The number of hydrogen-bond donors (Lipinski definition) is 5. The number of nitrogens with one attached hydrogen (secondary N) is 4. The maximum Gasteiger partial charge on any atom is 0.322 e. The number of carbonyl (C=O) groups excluding carboxylic acids is 6. The number of thioether (sulfide) groups is 1. The number of nitrogens with zero attached hydrogens (tertiary/aromatic N) is 1. The average molecular weight is 714 g/mol. The molecule has 50 heavy (non-hydrogen) atoms. The standard InChI is InChI=1S/C36H51N5O8S/c1-21(2)27(36(49)41-15-8-11-29(41)35(48)37-19-31(43)39-23(4)34(47)38-20-32(44)45)18-30(42)28(40-33(46)22(3)14-16-50-5)17-25-13-12-24-9-6-7-10-26(24)25/h6-7,9-10,13,21-23,27-29H,8,11-12,14-20H2,1-5H3,(H,37,48)(H,38,47)(H,39,43)(H,40,46)(H,44,45)/t22-,23-,27-,28-,29-/m0/s1. The van der Waals surface area contributed by atoms with Gasteiger partial charge in [0.2, 0.25) is 29.5 Å². The van der Waals surface area contributed by atoms with Gasteiger partial charge in [-0.05, 0) is 67.2 Å². The van der Waals surface area contributed by atoms with Crippen molar-refractivity contribution in [2.45, 2.75) is 84.3 Å². The highest BCUT2D eigenvalue weighted by atomic mass is 32.2. The Morgan fingerprint density at radius 1 is 0.960 bits per heavy atom. The van der Waals surface area contributed by atoms with E-state index in [1.165, 1.54) is 11.8 Å². The van der Waals surface area contributed by atoms with Crippen molar-refractivity contribution in [1.82, 2.24) is 26.2 Å². The Bertz CT molecular complexity index is 1460. The molecule has 1 aromatic carbocycles. The molecule has 1 heterocycles. The molecule has 5 amide bonds. The number of benzene rings is 1. The zero-order valence-corrected chi connectivity index (χ0v) is 30.4. The van der Waals surface area contributed by atoms with E-state index in [-0.39, 0.29) is 35.9 Å². The van der Waals surface area contributed by atoms with Gasteiger partial charge in [0.25, 0.3) is 0 Å². The maximum absolute atomic E-state index is 14.1. The van der Waals surface area contributed by atoms with Crippen LogP contribution in [0.4, 0.5) is 0 Å². The number of Topliss-reactive ketones (excluding diaryl/α,β-unsaturated/α-hetero) is 1. The van der Waals surface area contributed by atoms with E-state index in [1.807, 2.05) is 51.3 Å². The van der Waals surface area contributed by atoms with Crippen molar-refractivity contribution in [3.05, 3.63) is 41.5 Å². The van der Waals surface area contributed by atoms with Crippen LogP contribution in [-0.4, -0.2) is 101 Å². The third-order valence-corrected chi connectivity index (χ3v) is 9.90. The van der Waals surface area contributed by atoms with Crippen LogP contribution in [0.1, 0.15) is 70.9 Å². The lowest BCUT2D eigenvalue weighted by molar-refractivity contribution is -0.144. The summed E-state index contributed by atoms with van der Waals surface area (Å²) in [7, 11) is 0. The molecule has 2 aliphatic rings. The molecule has 5 N–H and O–H groups in total. The summed E-state index contributed by atoms with van der Waals surface area (Å²) in [6.07, 6.45) is 6.64. The summed E-state index contributed by atoms with van der Waals surface area (Å²) in [5.74, 6) is -4.32. The number of allylic oxidation sites excluding steroid dienone is 1. The van der Waals surface area contributed by atoms with E-state index in [9.17, 15) is 33.6 Å². The van der Waals surface area contributed by atoms with Gasteiger partial charge in [-0.2, -0.15) is 11.8 Å². The van der Waals surface area contributed by atoms with Crippen molar-refractivity contribution >= 4 is 58.6 Å². The molecule has 0 bridgehead atoms. The lowest BCUT2D eigenvalue weighted by Crippen LogP contribution is -2.52. The molecule has 0 aromatic heterocycles. The number of ketones is 1. The first-order valence-corrected chi connectivity index (χ1v) is 18.6. The van der Waals surface area contributed by atoms with Crippen LogP contribution in [0.25, 0.3) is 5.57 Å². The Kier molecular flexibility index (Phi) is 15.5. The minimum atomic E-state index is -1.23. The molecular formula is C36H51N5O8S.